The van der Waals surface area contributed by atoms with Gasteiger partial charge in [-0.05, 0) is 0 Å². The highest BCUT2D eigenvalue weighted by Crippen LogP contribution is 2.27. The molecule has 1 N–H and O–H groups in total. The zero-order valence-corrected chi connectivity index (χ0v) is 17.8. The minimum Gasteiger partial charge on any atom is -0.394 e. The Morgan fingerprint density at radius 1 is 0.903 bits per heavy atom. The van der Waals surface area contributed by atoms with Crippen LogP contribution in [0.1, 0.15) is 6.23 Å². The van der Waals surface area contributed by atoms with Gasteiger partial charge in [-0.3, -0.25) is 14.4 Å². The van der Waals surface area contributed by atoms with Crippen molar-refractivity contribution in [2.45, 2.75) is 12.3 Å². The zero-order valence-electron chi connectivity index (χ0n) is 17.8. The molecule has 31 heavy (non-hydrogen) atoms. The van der Waals surface area contributed by atoms with E-state index in [1.165, 1.54) is 0 Å². The molecule has 2 aromatic rings. The summed E-state index contributed by atoms with van der Waals surface area (Å²) in [4.78, 5) is 20.6. The average molecular weight is 434 g/mol. The molecular weight excluding hydrogens is 402 g/mol. The molecule has 0 amide bonds. The van der Waals surface area contributed by atoms with Crippen LogP contribution in [0.25, 0.3) is 11.2 Å². The van der Waals surface area contributed by atoms with Gasteiger partial charge in [0.2, 0.25) is 0 Å². The molecule has 0 saturated carbocycles. The van der Waals surface area contributed by atoms with E-state index in [4.69, 9.17) is 14.2 Å². The molecule has 5 heterocycles. The molecule has 170 valence electrons. The first-order chi connectivity index (χ1) is 15.3. The number of hydrogen-bond donors (Lipinski definition) is 1. The van der Waals surface area contributed by atoms with Gasteiger partial charge in [0.25, 0.3) is 0 Å². The number of hydrogen-bond acceptors (Lipinski definition) is 10. The summed E-state index contributed by atoms with van der Waals surface area (Å²) in [6.45, 7) is 9.87. The predicted octanol–water partition coefficient (Wildman–Crippen LogP) is -0.813. The lowest BCUT2D eigenvalue weighted by molar-refractivity contribution is -0.134. The molecule has 3 aliphatic rings. The van der Waals surface area contributed by atoms with Gasteiger partial charge >= 0.3 is 0 Å². The highest BCUT2D eigenvalue weighted by atomic mass is 16.5. The lowest BCUT2D eigenvalue weighted by Gasteiger charge is -2.39. The number of anilines is 1. The maximum atomic E-state index is 9.82. The van der Waals surface area contributed by atoms with E-state index in [9.17, 15) is 5.11 Å². The summed E-state index contributed by atoms with van der Waals surface area (Å²) >= 11 is 0. The smallest absolute Gasteiger partial charge is 0.167 e. The number of aliphatic hydroxyl groups is 1. The van der Waals surface area contributed by atoms with Crippen molar-refractivity contribution in [3.8, 4) is 0 Å². The Labute approximate surface area is 181 Å². The molecule has 5 rings (SSSR count). The third kappa shape index (κ3) is 4.66. The van der Waals surface area contributed by atoms with Crippen LogP contribution in [0.5, 0.6) is 0 Å². The first kappa shape index (κ1) is 21.0. The fourth-order valence-corrected chi connectivity index (χ4v) is 4.49. The summed E-state index contributed by atoms with van der Waals surface area (Å²) in [5.74, 6) is 0.839. The SMILES string of the molecule is OC[C@@H]1CN(CCN2CCOCC2)C[C@H](n2cnc3c(N4CCOCC4)ncnc32)O1. The normalized spacial score (nSPS) is 26.5. The zero-order chi connectivity index (χ0) is 21.0. The Kier molecular flexibility index (Phi) is 6.58. The van der Waals surface area contributed by atoms with Crippen LogP contribution in [0.3, 0.4) is 0 Å². The third-order valence-corrected chi connectivity index (χ3v) is 6.23. The van der Waals surface area contributed by atoms with Crippen molar-refractivity contribution in [2.75, 3.05) is 90.3 Å². The highest BCUT2D eigenvalue weighted by molar-refractivity contribution is 5.83. The minimum atomic E-state index is -0.256. The van der Waals surface area contributed by atoms with Gasteiger partial charge in [0.05, 0.1) is 45.5 Å². The molecular formula is C20H31N7O4. The van der Waals surface area contributed by atoms with E-state index >= 15 is 0 Å². The van der Waals surface area contributed by atoms with Crippen molar-refractivity contribution < 1.29 is 19.3 Å². The van der Waals surface area contributed by atoms with Crippen molar-refractivity contribution in [3.05, 3.63) is 12.7 Å². The monoisotopic (exact) mass is 433 g/mol. The Bertz CT molecular complexity index is 853. The standard InChI is InChI=1S/C20H31N7O4/c28-13-16-11-25(2-1-24-3-7-29-8-4-24)12-17(31-16)27-15-23-18-19(21-14-22-20(18)27)26-5-9-30-10-6-26/h14-17,28H,1-13H2/t16-,17+/m0/s1. The third-order valence-electron chi connectivity index (χ3n) is 6.23. The summed E-state index contributed by atoms with van der Waals surface area (Å²) in [5, 5.41) is 9.82. The van der Waals surface area contributed by atoms with E-state index in [2.05, 4.69) is 29.7 Å². The number of aromatic nitrogens is 4. The minimum absolute atomic E-state index is 0.00873. The van der Waals surface area contributed by atoms with E-state index in [0.29, 0.717) is 13.2 Å². The second-order valence-corrected chi connectivity index (χ2v) is 8.23. The van der Waals surface area contributed by atoms with Crippen LogP contribution in [0.4, 0.5) is 5.82 Å². The molecule has 3 fully saturated rings. The number of imidazole rings is 1. The van der Waals surface area contributed by atoms with Crippen LogP contribution >= 0.6 is 0 Å². The number of ether oxygens (including phenoxy) is 3. The molecule has 0 aromatic carbocycles. The van der Waals surface area contributed by atoms with Crippen molar-refractivity contribution in [1.82, 2.24) is 29.3 Å². The van der Waals surface area contributed by atoms with Gasteiger partial charge in [-0.2, -0.15) is 0 Å². The summed E-state index contributed by atoms with van der Waals surface area (Å²) in [6, 6.07) is 0. The van der Waals surface area contributed by atoms with Crippen LogP contribution in [0.15, 0.2) is 12.7 Å². The number of aliphatic hydroxyl groups excluding tert-OH is 1. The van der Waals surface area contributed by atoms with Crippen LogP contribution in [0.2, 0.25) is 0 Å². The first-order valence-electron chi connectivity index (χ1n) is 11.1. The van der Waals surface area contributed by atoms with E-state index in [1.54, 1.807) is 12.7 Å². The Morgan fingerprint density at radius 3 is 2.42 bits per heavy atom. The fourth-order valence-electron chi connectivity index (χ4n) is 4.49. The molecule has 0 bridgehead atoms. The second kappa shape index (κ2) is 9.72. The topological polar surface area (TPSA) is 101 Å². The van der Waals surface area contributed by atoms with E-state index < -0.39 is 0 Å². The molecule has 3 saturated heterocycles. The summed E-state index contributed by atoms with van der Waals surface area (Å²) in [6.07, 6.45) is 2.89. The molecule has 2 atom stereocenters. The summed E-state index contributed by atoms with van der Waals surface area (Å²) < 4.78 is 19.1. The second-order valence-electron chi connectivity index (χ2n) is 8.23. The Morgan fingerprint density at radius 2 is 1.65 bits per heavy atom. The number of fused-ring (bicyclic) bond motifs is 1. The average Bonchev–Trinajstić information content (AvgIpc) is 3.28. The van der Waals surface area contributed by atoms with Gasteiger partial charge < -0.3 is 24.2 Å². The highest BCUT2D eigenvalue weighted by Gasteiger charge is 2.30. The first-order valence-corrected chi connectivity index (χ1v) is 11.1. The Hall–Kier alpha value is -1.89. The quantitative estimate of drug-likeness (QED) is 0.622. The van der Waals surface area contributed by atoms with E-state index in [0.717, 1.165) is 82.6 Å². The van der Waals surface area contributed by atoms with Crippen molar-refractivity contribution in [3.63, 3.8) is 0 Å². The van der Waals surface area contributed by atoms with Gasteiger partial charge in [0.1, 0.15) is 12.6 Å². The van der Waals surface area contributed by atoms with Crippen molar-refractivity contribution in [2.24, 2.45) is 0 Å². The molecule has 11 heteroatoms. The van der Waals surface area contributed by atoms with Gasteiger partial charge in [-0.25, -0.2) is 15.0 Å². The molecule has 0 radical (unpaired) electrons. The lowest BCUT2D eigenvalue weighted by Crippen LogP contribution is -2.50. The molecule has 0 spiro atoms. The van der Waals surface area contributed by atoms with Crippen molar-refractivity contribution in [1.29, 1.82) is 0 Å². The van der Waals surface area contributed by atoms with Gasteiger partial charge in [0.15, 0.2) is 17.0 Å². The molecule has 3 aliphatic heterocycles. The van der Waals surface area contributed by atoms with Gasteiger partial charge in [-0.15, -0.1) is 0 Å². The van der Waals surface area contributed by atoms with Gasteiger partial charge in [-0.1, -0.05) is 0 Å². The summed E-state index contributed by atoms with van der Waals surface area (Å²) in [5.41, 5.74) is 1.53. The Balaban J connectivity index is 1.33. The van der Waals surface area contributed by atoms with Crippen LogP contribution in [-0.4, -0.2) is 126 Å². The molecule has 2 aromatic heterocycles. The van der Waals surface area contributed by atoms with E-state index in [1.807, 2.05) is 4.57 Å². The molecule has 0 aliphatic carbocycles. The summed E-state index contributed by atoms with van der Waals surface area (Å²) in [7, 11) is 0. The predicted molar refractivity (Wildman–Crippen MR) is 113 cm³/mol. The lowest BCUT2D eigenvalue weighted by atomic mass is 10.2. The molecule has 0 unspecified atom stereocenters. The van der Waals surface area contributed by atoms with Crippen LogP contribution in [-0.2, 0) is 14.2 Å². The van der Waals surface area contributed by atoms with Crippen molar-refractivity contribution >= 4 is 17.0 Å². The maximum absolute atomic E-state index is 9.82. The fraction of sp³-hybridized carbons (Fsp3) is 0.750. The van der Waals surface area contributed by atoms with Crippen LogP contribution in [0, 0.1) is 0 Å². The largest absolute Gasteiger partial charge is 0.394 e. The van der Waals surface area contributed by atoms with E-state index in [-0.39, 0.29) is 18.9 Å². The van der Waals surface area contributed by atoms with Gasteiger partial charge in [0, 0.05) is 52.4 Å². The number of nitrogens with zero attached hydrogens (tertiary/aromatic N) is 7. The number of rotatable bonds is 6. The number of morpholine rings is 3. The molecule has 11 nitrogen and oxygen atoms in total. The van der Waals surface area contributed by atoms with Crippen LogP contribution < -0.4 is 4.90 Å². The maximum Gasteiger partial charge on any atom is 0.167 e.